The van der Waals surface area contributed by atoms with Gasteiger partial charge in [0.05, 0.1) is 6.16 Å². The van der Waals surface area contributed by atoms with Crippen molar-refractivity contribution in [2.75, 3.05) is 0 Å². The molecule has 2 atom stereocenters. The van der Waals surface area contributed by atoms with Crippen molar-refractivity contribution >= 4 is 13.5 Å². The van der Waals surface area contributed by atoms with Crippen molar-refractivity contribution in [2.24, 2.45) is 0 Å². The fourth-order valence-corrected chi connectivity index (χ4v) is 3.50. The van der Waals surface area contributed by atoms with Crippen molar-refractivity contribution in [3.8, 4) is 0 Å². The average Bonchev–Trinajstić information content (AvgIpc) is 2.48. The van der Waals surface area contributed by atoms with Crippen LogP contribution >= 0.6 is 7.52 Å². The Balaban J connectivity index is 2.20. The first-order chi connectivity index (χ1) is 10.4. The van der Waals surface area contributed by atoms with Gasteiger partial charge in [-0.05, 0) is 17.2 Å². The van der Waals surface area contributed by atoms with Crippen LogP contribution in [-0.2, 0) is 15.5 Å². The summed E-state index contributed by atoms with van der Waals surface area (Å²) in [4.78, 5) is 21.3. The molecule has 0 amide bonds. The third-order valence-corrected chi connectivity index (χ3v) is 4.48. The largest absolute Gasteiger partial charge is 0.480 e. The number of rotatable bonds is 6. The second kappa shape index (κ2) is 6.83. The number of aliphatic carboxylic acids is 1. The smallest absolute Gasteiger partial charge is 0.325 e. The molecule has 2 aromatic rings. The van der Waals surface area contributed by atoms with Gasteiger partial charge in [-0.15, -0.1) is 0 Å². The normalized spacial score (nSPS) is 15.0. The molecule has 22 heavy (non-hydrogen) atoms. The van der Waals surface area contributed by atoms with Crippen LogP contribution in [0.15, 0.2) is 54.6 Å². The van der Waals surface area contributed by atoms with Crippen LogP contribution in [0.3, 0.4) is 0 Å². The molecule has 7 heteroatoms. The Morgan fingerprint density at radius 3 is 2.32 bits per heavy atom. The van der Waals surface area contributed by atoms with Crippen LogP contribution in [0, 0.1) is 5.82 Å². The molecule has 2 unspecified atom stereocenters. The van der Waals surface area contributed by atoms with Crippen molar-refractivity contribution in [2.45, 2.75) is 12.2 Å². The molecule has 0 aromatic heterocycles. The highest BCUT2D eigenvalue weighted by atomic mass is 31.2. The summed E-state index contributed by atoms with van der Waals surface area (Å²) in [6.45, 7) is 0. The highest BCUT2D eigenvalue weighted by Gasteiger charge is 2.29. The summed E-state index contributed by atoms with van der Waals surface area (Å²) in [7, 11) is -4.09. The number of hydrogen-bond donors (Lipinski definition) is 3. The number of carboxylic acids is 1. The molecule has 0 aliphatic rings. The lowest BCUT2D eigenvalue weighted by Crippen LogP contribution is -2.26. The first-order valence-electron chi connectivity index (χ1n) is 6.50. The number of carbonyl (C=O) groups is 1. The van der Waals surface area contributed by atoms with E-state index in [1.54, 1.807) is 24.3 Å². The lowest BCUT2D eigenvalue weighted by Gasteiger charge is -2.20. The number of halogens is 1. The number of carboxylic acid groups (broad SMARTS) is 1. The van der Waals surface area contributed by atoms with Gasteiger partial charge in [0, 0.05) is 0 Å². The van der Waals surface area contributed by atoms with Gasteiger partial charge in [0.25, 0.3) is 7.52 Å². The van der Waals surface area contributed by atoms with Gasteiger partial charge in [0.2, 0.25) is 0 Å². The van der Waals surface area contributed by atoms with E-state index in [0.29, 0.717) is 5.56 Å². The van der Waals surface area contributed by atoms with Crippen LogP contribution < -0.4 is 5.09 Å². The number of hydrogen-bond acceptors (Lipinski definition) is 2. The monoisotopic (exact) mass is 323 g/mol. The van der Waals surface area contributed by atoms with Crippen LogP contribution in [0.1, 0.15) is 17.2 Å². The Morgan fingerprint density at radius 2 is 1.73 bits per heavy atom. The number of nitrogens with one attached hydrogen (secondary N) is 1. The van der Waals surface area contributed by atoms with Gasteiger partial charge in [0.1, 0.15) is 11.9 Å². The van der Waals surface area contributed by atoms with Gasteiger partial charge >= 0.3 is 5.97 Å². The van der Waals surface area contributed by atoms with E-state index in [-0.39, 0.29) is 5.56 Å². The van der Waals surface area contributed by atoms with Gasteiger partial charge in [-0.1, -0.05) is 48.5 Å². The van der Waals surface area contributed by atoms with Crippen LogP contribution in [-0.4, -0.2) is 16.0 Å². The fraction of sp³-hybridized carbons (Fsp3) is 0.133. The van der Waals surface area contributed by atoms with Crippen molar-refractivity contribution < 1.29 is 23.7 Å². The SMILES string of the molecule is O=C(O)C(NP(=O)(O)Cc1ccccc1F)c1ccccc1. The Kier molecular flexibility index (Phi) is 5.08. The molecule has 0 radical (unpaired) electrons. The maximum Gasteiger partial charge on any atom is 0.325 e. The summed E-state index contributed by atoms with van der Waals surface area (Å²) in [5.74, 6) is -1.89. The molecule has 3 N–H and O–H groups in total. The highest BCUT2D eigenvalue weighted by Crippen LogP contribution is 2.43. The average molecular weight is 323 g/mol. The highest BCUT2D eigenvalue weighted by molar-refractivity contribution is 7.55. The van der Waals surface area contributed by atoms with Gasteiger partial charge in [-0.2, -0.15) is 0 Å². The van der Waals surface area contributed by atoms with E-state index in [9.17, 15) is 23.7 Å². The Hall–Kier alpha value is -2.01. The molecule has 0 saturated carbocycles. The molecule has 0 saturated heterocycles. The molecule has 2 rings (SSSR count). The minimum absolute atomic E-state index is 0.0537. The molecule has 116 valence electrons. The second-order valence-corrected chi connectivity index (χ2v) is 6.74. The zero-order valence-electron chi connectivity index (χ0n) is 11.5. The van der Waals surface area contributed by atoms with E-state index in [4.69, 9.17) is 0 Å². The molecular formula is C15H15FNO4P. The first-order valence-corrected chi connectivity index (χ1v) is 8.34. The first kappa shape index (κ1) is 16.4. The molecule has 0 heterocycles. The molecule has 0 aliphatic heterocycles. The fourth-order valence-electron chi connectivity index (χ4n) is 2.02. The standard InChI is InChI=1S/C15H15FNO4P/c16-13-9-5-4-8-12(13)10-22(20,21)17-14(15(18)19)11-6-2-1-3-7-11/h1-9,14H,10H2,(H,18,19)(H2,17,20,21). The summed E-state index contributed by atoms with van der Waals surface area (Å²) in [6.07, 6.45) is -0.490. The van der Waals surface area contributed by atoms with Gasteiger partial charge in [-0.3, -0.25) is 9.36 Å². The predicted molar refractivity (Wildman–Crippen MR) is 79.9 cm³/mol. The molecule has 2 aromatic carbocycles. The Bertz CT molecular complexity index is 708. The van der Waals surface area contributed by atoms with Gasteiger partial charge in [0.15, 0.2) is 0 Å². The minimum atomic E-state index is -4.09. The molecule has 0 fully saturated rings. The molecule has 0 bridgehead atoms. The van der Waals surface area contributed by atoms with Crippen LogP contribution in [0.5, 0.6) is 0 Å². The van der Waals surface area contributed by atoms with Crippen LogP contribution in [0.2, 0.25) is 0 Å². The maximum absolute atomic E-state index is 13.6. The van der Waals surface area contributed by atoms with E-state index in [0.717, 1.165) is 0 Å². The second-order valence-electron chi connectivity index (χ2n) is 4.76. The summed E-state index contributed by atoms with van der Waals surface area (Å²) in [5, 5.41) is 11.5. The quantitative estimate of drug-likeness (QED) is 0.712. The van der Waals surface area contributed by atoms with Crippen molar-refractivity contribution in [1.82, 2.24) is 5.09 Å². The topological polar surface area (TPSA) is 86.6 Å². The van der Waals surface area contributed by atoms with Gasteiger partial charge in [-0.25, -0.2) is 9.48 Å². The van der Waals surface area contributed by atoms with Crippen LogP contribution in [0.4, 0.5) is 4.39 Å². The zero-order valence-corrected chi connectivity index (χ0v) is 12.4. The van der Waals surface area contributed by atoms with E-state index >= 15 is 0 Å². The Morgan fingerprint density at radius 1 is 1.14 bits per heavy atom. The van der Waals surface area contributed by atoms with Crippen molar-refractivity contribution in [3.63, 3.8) is 0 Å². The minimum Gasteiger partial charge on any atom is -0.480 e. The third-order valence-electron chi connectivity index (χ3n) is 3.05. The van der Waals surface area contributed by atoms with Gasteiger partial charge < -0.3 is 10.00 Å². The summed E-state index contributed by atoms with van der Waals surface area (Å²) >= 11 is 0. The molecule has 0 aliphatic carbocycles. The predicted octanol–water partition coefficient (Wildman–Crippen LogP) is 2.93. The molecule has 5 nitrogen and oxygen atoms in total. The van der Waals surface area contributed by atoms with Crippen LogP contribution in [0.25, 0.3) is 0 Å². The maximum atomic E-state index is 13.6. The number of benzene rings is 2. The third kappa shape index (κ3) is 4.24. The van der Waals surface area contributed by atoms with E-state index in [1.807, 2.05) is 0 Å². The lowest BCUT2D eigenvalue weighted by molar-refractivity contribution is -0.139. The molecule has 0 spiro atoms. The van der Waals surface area contributed by atoms with Crippen molar-refractivity contribution in [1.29, 1.82) is 0 Å². The summed E-state index contributed by atoms with van der Waals surface area (Å²) in [5.41, 5.74) is 0.399. The molecular weight excluding hydrogens is 308 g/mol. The van der Waals surface area contributed by atoms with E-state index < -0.39 is 31.5 Å². The van der Waals surface area contributed by atoms with E-state index in [2.05, 4.69) is 5.09 Å². The lowest BCUT2D eigenvalue weighted by atomic mass is 10.1. The van der Waals surface area contributed by atoms with Crippen molar-refractivity contribution in [3.05, 3.63) is 71.5 Å². The summed E-state index contributed by atoms with van der Waals surface area (Å²) < 4.78 is 25.8. The van der Waals surface area contributed by atoms with E-state index in [1.165, 1.54) is 30.3 Å². The summed E-state index contributed by atoms with van der Waals surface area (Å²) in [6, 6.07) is 12.3. The Labute approximate surface area is 126 Å². The zero-order chi connectivity index (χ0) is 16.2.